The largest absolute Gasteiger partial charge is 0.456 e. The van der Waals surface area contributed by atoms with Crippen molar-refractivity contribution in [3.05, 3.63) is 132 Å². The first-order valence-corrected chi connectivity index (χ1v) is 14.7. The average Bonchev–Trinajstić information content (AvgIpc) is 3.46. The van der Waals surface area contributed by atoms with Gasteiger partial charge in [0.2, 0.25) is 0 Å². The Hall–Kier alpha value is -5.61. The van der Waals surface area contributed by atoms with E-state index in [-0.39, 0.29) is 0 Å². The SMILES string of the molecule is C1=Cc2cc(-c3nc(-c4cc5ccccc5c5ccccc45)nc(-c4cccc5oc6ccccc6c45)n3)ccc2CC1. The highest BCUT2D eigenvalue weighted by Gasteiger charge is 2.19. The summed E-state index contributed by atoms with van der Waals surface area (Å²) in [6, 6.07) is 40.0. The van der Waals surface area contributed by atoms with Crippen molar-refractivity contribution in [2.45, 2.75) is 12.8 Å². The highest BCUT2D eigenvalue weighted by Crippen LogP contribution is 2.38. The van der Waals surface area contributed by atoms with Gasteiger partial charge in [-0.2, -0.15) is 0 Å². The summed E-state index contributed by atoms with van der Waals surface area (Å²) in [5.74, 6) is 1.94. The van der Waals surface area contributed by atoms with Gasteiger partial charge in [0.15, 0.2) is 17.5 Å². The molecule has 2 heterocycles. The van der Waals surface area contributed by atoms with E-state index in [1.165, 1.54) is 21.9 Å². The highest BCUT2D eigenvalue weighted by molar-refractivity contribution is 6.14. The molecule has 0 atom stereocenters. The van der Waals surface area contributed by atoms with Crippen LogP contribution in [0.4, 0.5) is 0 Å². The fraction of sp³-hybridized carbons (Fsp3) is 0.0513. The molecule has 0 N–H and O–H groups in total. The third kappa shape index (κ3) is 3.87. The van der Waals surface area contributed by atoms with Crippen LogP contribution in [-0.2, 0) is 6.42 Å². The molecule has 0 radical (unpaired) electrons. The van der Waals surface area contributed by atoms with Gasteiger partial charge in [-0.05, 0) is 69.8 Å². The maximum Gasteiger partial charge on any atom is 0.164 e. The molecule has 4 heteroatoms. The van der Waals surface area contributed by atoms with E-state index >= 15 is 0 Å². The maximum atomic E-state index is 6.23. The van der Waals surface area contributed by atoms with Gasteiger partial charge < -0.3 is 4.42 Å². The molecule has 2 aromatic heterocycles. The van der Waals surface area contributed by atoms with Crippen LogP contribution in [0.3, 0.4) is 0 Å². The zero-order valence-corrected chi connectivity index (χ0v) is 23.3. The van der Waals surface area contributed by atoms with Gasteiger partial charge in [-0.15, -0.1) is 0 Å². The van der Waals surface area contributed by atoms with E-state index in [0.29, 0.717) is 17.5 Å². The Labute approximate surface area is 248 Å². The van der Waals surface area contributed by atoms with Gasteiger partial charge in [-0.1, -0.05) is 103 Å². The molecule has 1 aliphatic rings. The minimum Gasteiger partial charge on any atom is -0.456 e. The lowest BCUT2D eigenvalue weighted by Crippen LogP contribution is -2.02. The van der Waals surface area contributed by atoms with Gasteiger partial charge in [0.25, 0.3) is 0 Å². The van der Waals surface area contributed by atoms with E-state index in [9.17, 15) is 0 Å². The number of fused-ring (bicyclic) bond motifs is 7. The van der Waals surface area contributed by atoms with Crippen LogP contribution in [0.25, 0.3) is 83.7 Å². The second kappa shape index (κ2) is 9.47. The van der Waals surface area contributed by atoms with Crippen molar-refractivity contribution in [1.29, 1.82) is 0 Å². The number of benzene rings is 6. The molecule has 0 bridgehead atoms. The second-order valence-corrected chi connectivity index (χ2v) is 11.1. The zero-order valence-electron chi connectivity index (χ0n) is 23.3. The van der Waals surface area contributed by atoms with E-state index in [4.69, 9.17) is 19.4 Å². The Bertz CT molecular complexity index is 2420. The summed E-state index contributed by atoms with van der Waals surface area (Å²) in [5.41, 5.74) is 7.14. The average molecular weight is 552 g/mol. The number of hydrogen-bond acceptors (Lipinski definition) is 4. The molecule has 0 unspecified atom stereocenters. The number of aryl methyl sites for hydroxylation is 1. The zero-order chi connectivity index (χ0) is 28.3. The monoisotopic (exact) mass is 551 g/mol. The molecule has 202 valence electrons. The molecule has 4 nitrogen and oxygen atoms in total. The molecular weight excluding hydrogens is 526 g/mol. The van der Waals surface area contributed by atoms with E-state index < -0.39 is 0 Å². The molecule has 0 saturated carbocycles. The summed E-state index contributed by atoms with van der Waals surface area (Å²) in [5, 5.41) is 6.73. The first kappa shape index (κ1) is 24.0. The van der Waals surface area contributed by atoms with Crippen molar-refractivity contribution in [1.82, 2.24) is 15.0 Å². The molecule has 0 aliphatic heterocycles. The van der Waals surface area contributed by atoms with E-state index in [1.807, 2.05) is 30.3 Å². The number of rotatable bonds is 3. The smallest absolute Gasteiger partial charge is 0.164 e. The standard InChI is InChI=1S/C39H25N3O/c1-2-11-25-22-27(21-20-24(25)10-1)37-40-38(32-17-9-19-35-36(32)31-16-7-8-18-34(31)43-35)42-39(41-37)33-23-26-12-3-4-13-28(26)29-14-5-6-15-30(29)33/h2-9,11-23H,1,10H2. The molecule has 43 heavy (non-hydrogen) atoms. The van der Waals surface area contributed by atoms with Gasteiger partial charge in [-0.25, -0.2) is 15.0 Å². The summed E-state index contributed by atoms with van der Waals surface area (Å²) in [4.78, 5) is 15.5. The van der Waals surface area contributed by atoms with Gasteiger partial charge >= 0.3 is 0 Å². The van der Waals surface area contributed by atoms with Crippen LogP contribution in [0.2, 0.25) is 0 Å². The predicted molar refractivity (Wildman–Crippen MR) is 176 cm³/mol. The van der Waals surface area contributed by atoms with Gasteiger partial charge in [0.05, 0.1) is 0 Å². The summed E-state index contributed by atoms with van der Waals surface area (Å²) in [7, 11) is 0. The van der Waals surface area contributed by atoms with Crippen LogP contribution < -0.4 is 0 Å². The number of para-hydroxylation sites is 1. The highest BCUT2D eigenvalue weighted by atomic mass is 16.3. The van der Waals surface area contributed by atoms with E-state index in [1.54, 1.807) is 0 Å². The van der Waals surface area contributed by atoms with Gasteiger partial charge in [0.1, 0.15) is 11.2 Å². The fourth-order valence-corrected chi connectivity index (χ4v) is 6.51. The van der Waals surface area contributed by atoms with Gasteiger partial charge in [0, 0.05) is 27.5 Å². The summed E-state index contributed by atoms with van der Waals surface area (Å²) in [6.45, 7) is 0. The van der Waals surface area contributed by atoms with Gasteiger partial charge in [-0.3, -0.25) is 0 Å². The van der Waals surface area contributed by atoms with Crippen LogP contribution in [0, 0.1) is 0 Å². The van der Waals surface area contributed by atoms with E-state index in [0.717, 1.165) is 62.2 Å². The van der Waals surface area contributed by atoms with Crippen molar-refractivity contribution in [2.24, 2.45) is 0 Å². The number of furan rings is 1. The number of allylic oxidation sites excluding steroid dienone is 1. The molecular formula is C39H25N3O. The maximum absolute atomic E-state index is 6.23. The first-order chi connectivity index (χ1) is 21.3. The third-order valence-corrected chi connectivity index (χ3v) is 8.57. The lowest BCUT2D eigenvalue weighted by atomic mass is 9.95. The second-order valence-electron chi connectivity index (χ2n) is 11.1. The van der Waals surface area contributed by atoms with Crippen molar-refractivity contribution in [2.75, 3.05) is 0 Å². The number of aromatic nitrogens is 3. The van der Waals surface area contributed by atoms with Crippen molar-refractivity contribution in [3.63, 3.8) is 0 Å². The number of nitrogens with zero attached hydrogens (tertiary/aromatic N) is 3. The summed E-state index contributed by atoms with van der Waals surface area (Å²) in [6.07, 6.45) is 6.57. The lowest BCUT2D eigenvalue weighted by molar-refractivity contribution is 0.669. The Kier molecular flexibility index (Phi) is 5.29. The van der Waals surface area contributed by atoms with Crippen LogP contribution >= 0.6 is 0 Å². The summed E-state index contributed by atoms with van der Waals surface area (Å²) < 4.78 is 6.23. The third-order valence-electron chi connectivity index (χ3n) is 8.57. The van der Waals surface area contributed by atoms with Crippen LogP contribution in [0.15, 0.2) is 126 Å². The van der Waals surface area contributed by atoms with Crippen LogP contribution in [0.1, 0.15) is 17.5 Å². The molecule has 0 saturated heterocycles. The fourth-order valence-electron chi connectivity index (χ4n) is 6.51. The van der Waals surface area contributed by atoms with E-state index in [2.05, 4.69) is 97.1 Å². The topological polar surface area (TPSA) is 51.8 Å². The molecule has 0 spiro atoms. The van der Waals surface area contributed by atoms with Crippen molar-refractivity contribution < 1.29 is 4.42 Å². The van der Waals surface area contributed by atoms with Crippen molar-refractivity contribution in [3.8, 4) is 34.2 Å². The normalized spacial score (nSPS) is 12.8. The molecule has 6 aromatic carbocycles. The number of hydrogen-bond donors (Lipinski definition) is 0. The lowest BCUT2D eigenvalue weighted by Gasteiger charge is -2.14. The molecule has 1 aliphatic carbocycles. The Morgan fingerprint density at radius 1 is 0.535 bits per heavy atom. The minimum absolute atomic E-state index is 0.627. The summed E-state index contributed by atoms with van der Waals surface area (Å²) >= 11 is 0. The van der Waals surface area contributed by atoms with Crippen molar-refractivity contribution >= 4 is 49.6 Å². The Morgan fingerprint density at radius 3 is 2.16 bits per heavy atom. The Balaban J connectivity index is 1.36. The molecule has 8 aromatic rings. The predicted octanol–water partition coefficient (Wildman–Crippen LogP) is 10.0. The molecule has 0 amide bonds. The van der Waals surface area contributed by atoms with Crippen LogP contribution in [-0.4, -0.2) is 15.0 Å². The quantitative estimate of drug-likeness (QED) is 0.205. The van der Waals surface area contributed by atoms with Crippen LogP contribution in [0.5, 0.6) is 0 Å². The minimum atomic E-state index is 0.627. The molecule has 0 fully saturated rings. The Morgan fingerprint density at radius 2 is 1.26 bits per heavy atom. The first-order valence-electron chi connectivity index (χ1n) is 14.7. The molecule has 9 rings (SSSR count).